The van der Waals surface area contributed by atoms with E-state index in [0.717, 1.165) is 43.8 Å². The second-order valence-electron chi connectivity index (χ2n) is 9.52. The number of piperidine rings is 1. The van der Waals surface area contributed by atoms with Gasteiger partial charge in [-0.2, -0.15) is 0 Å². The molecule has 168 valence electrons. The van der Waals surface area contributed by atoms with Crippen LogP contribution in [0.3, 0.4) is 0 Å². The van der Waals surface area contributed by atoms with E-state index in [2.05, 4.69) is 22.5 Å². The molecule has 3 unspecified atom stereocenters. The molecule has 3 heterocycles. The average Bonchev–Trinajstić information content (AvgIpc) is 3.45. The van der Waals surface area contributed by atoms with Gasteiger partial charge >= 0.3 is 0 Å². The number of rotatable bonds is 7. The Hall–Kier alpha value is -1.53. The van der Waals surface area contributed by atoms with Gasteiger partial charge in [0.2, 0.25) is 0 Å². The zero-order chi connectivity index (χ0) is 20.6. The van der Waals surface area contributed by atoms with Gasteiger partial charge in [0, 0.05) is 51.3 Å². The lowest BCUT2D eigenvalue weighted by Gasteiger charge is -2.36. The maximum atomic E-state index is 5.55. The highest BCUT2D eigenvalue weighted by atomic mass is 16.5. The Morgan fingerprint density at radius 1 is 1.13 bits per heavy atom. The van der Waals surface area contributed by atoms with Gasteiger partial charge in [-0.25, -0.2) is 0 Å². The molecule has 2 aliphatic heterocycles. The maximum absolute atomic E-state index is 5.55. The summed E-state index contributed by atoms with van der Waals surface area (Å²) in [5.41, 5.74) is 0. The first-order valence-corrected chi connectivity index (χ1v) is 12.2. The molecule has 30 heavy (non-hydrogen) atoms. The first-order valence-electron chi connectivity index (χ1n) is 12.2. The minimum Gasteiger partial charge on any atom is -0.469 e. The number of guanidine groups is 1. The molecule has 3 fully saturated rings. The van der Waals surface area contributed by atoms with E-state index in [1.807, 2.05) is 12.1 Å². The molecule has 0 aromatic carbocycles. The van der Waals surface area contributed by atoms with Gasteiger partial charge in [-0.15, -0.1) is 0 Å². The summed E-state index contributed by atoms with van der Waals surface area (Å²) in [4.78, 5) is 7.55. The number of nitrogens with one attached hydrogen (secondary N) is 2. The maximum Gasteiger partial charge on any atom is 0.191 e. The van der Waals surface area contributed by atoms with Crippen molar-refractivity contribution in [2.75, 3.05) is 39.4 Å². The zero-order valence-electron chi connectivity index (χ0n) is 18.7. The van der Waals surface area contributed by atoms with E-state index in [4.69, 9.17) is 14.1 Å². The molecule has 3 atom stereocenters. The van der Waals surface area contributed by atoms with Crippen molar-refractivity contribution in [3.63, 3.8) is 0 Å². The van der Waals surface area contributed by atoms with Gasteiger partial charge in [0.15, 0.2) is 5.96 Å². The van der Waals surface area contributed by atoms with Crippen LogP contribution < -0.4 is 10.6 Å². The van der Waals surface area contributed by atoms with Crippen LogP contribution in [-0.2, 0) is 11.2 Å². The molecule has 1 aliphatic carbocycles. The van der Waals surface area contributed by atoms with Crippen molar-refractivity contribution in [3.8, 4) is 0 Å². The van der Waals surface area contributed by atoms with Gasteiger partial charge in [-0.1, -0.05) is 19.8 Å². The zero-order valence-corrected chi connectivity index (χ0v) is 18.7. The van der Waals surface area contributed by atoms with Gasteiger partial charge in [-0.3, -0.25) is 4.99 Å². The molecular formula is C24H40N4O2. The van der Waals surface area contributed by atoms with E-state index < -0.39 is 0 Å². The summed E-state index contributed by atoms with van der Waals surface area (Å²) in [5.74, 6) is 3.46. The predicted octanol–water partition coefficient (Wildman–Crippen LogP) is 3.44. The van der Waals surface area contributed by atoms with Crippen molar-refractivity contribution in [2.24, 2.45) is 16.8 Å². The minimum atomic E-state index is 0.509. The Morgan fingerprint density at radius 2 is 2.00 bits per heavy atom. The minimum absolute atomic E-state index is 0.509. The molecule has 0 amide bonds. The lowest BCUT2D eigenvalue weighted by atomic mass is 9.86. The number of hydrogen-bond acceptors (Lipinski definition) is 4. The Morgan fingerprint density at radius 3 is 2.73 bits per heavy atom. The summed E-state index contributed by atoms with van der Waals surface area (Å²) >= 11 is 0. The van der Waals surface area contributed by atoms with E-state index in [1.54, 1.807) is 6.26 Å². The molecule has 3 aliphatic rings. The summed E-state index contributed by atoms with van der Waals surface area (Å²) in [6.45, 7) is 8.59. The second-order valence-corrected chi connectivity index (χ2v) is 9.52. The fraction of sp³-hybridized carbons (Fsp3) is 0.792. The molecule has 0 radical (unpaired) electrons. The Labute approximate surface area is 181 Å². The second kappa shape index (κ2) is 11.2. The highest BCUT2D eigenvalue weighted by Gasteiger charge is 2.26. The van der Waals surface area contributed by atoms with Gasteiger partial charge in [0.1, 0.15) is 5.76 Å². The van der Waals surface area contributed by atoms with E-state index in [0.29, 0.717) is 18.0 Å². The van der Waals surface area contributed by atoms with Gasteiger partial charge in [0.25, 0.3) is 0 Å². The molecule has 6 nitrogen and oxygen atoms in total. The van der Waals surface area contributed by atoms with E-state index >= 15 is 0 Å². The summed E-state index contributed by atoms with van der Waals surface area (Å²) in [5, 5.41) is 7.56. The largest absolute Gasteiger partial charge is 0.469 e. The number of ether oxygens (including phenoxy) is 1. The van der Waals surface area contributed by atoms with Crippen LogP contribution in [0, 0.1) is 11.8 Å². The summed E-state index contributed by atoms with van der Waals surface area (Å²) in [6.07, 6.45) is 11.5. The van der Waals surface area contributed by atoms with Crippen molar-refractivity contribution < 1.29 is 9.15 Å². The molecule has 4 rings (SSSR count). The number of aliphatic imine (C=N–C) groups is 1. The molecule has 0 spiro atoms. The molecule has 6 heteroatoms. The summed E-state index contributed by atoms with van der Waals surface area (Å²) < 4.78 is 11.0. The Balaban J connectivity index is 1.28. The topological polar surface area (TPSA) is 62.0 Å². The van der Waals surface area contributed by atoms with Crippen LogP contribution in [0.2, 0.25) is 0 Å². The third kappa shape index (κ3) is 6.48. The fourth-order valence-corrected chi connectivity index (χ4v) is 5.12. The van der Waals surface area contributed by atoms with Crippen LogP contribution in [0.1, 0.15) is 57.6 Å². The molecule has 2 saturated heterocycles. The van der Waals surface area contributed by atoms with Crippen molar-refractivity contribution in [3.05, 3.63) is 24.2 Å². The van der Waals surface area contributed by atoms with Gasteiger partial charge < -0.3 is 24.7 Å². The standard InChI is InChI=1S/C24H40N4O2/c1-19-5-2-3-7-23(19)27-24(25-12-8-22-6-4-15-30-22)26-21-9-13-28(14-10-21)17-20-11-16-29-18-20/h4,6,15,19-21,23H,2-3,5,7-14,16-18H2,1H3,(H2,25,26,27). The third-order valence-corrected chi connectivity index (χ3v) is 7.11. The summed E-state index contributed by atoms with van der Waals surface area (Å²) in [7, 11) is 0. The van der Waals surface area contributed by atoms with Crippen molar-refractivity contribution in [1.29, 1.82) is 0 Å². The summed E-state index contributed by atoms with van der Waals surface area (Å²) in [6, 6.07) is 5.03. The van der Waals surface area contributed by atoms with Crippen LogP contribution in [0.15, 0.2) is 27.8 Å². The number of furan rings is 1. The van der Waals surface area contributed by atoms with Crippen LogP contribution in [0.25, 0.3) is 0 Å². The van der Waals surface area contributed by atoms with Gasteiger partial charge in [0.05, 0.1) is 12.9 Å². The van der Waals surface area contributed by atoms with Crippen molar-refractivity contribution >= 4 is 5.96 Å². The smallest absolute Gasteiger partial charge is 0.191 e. The number of hydrogen-bond donors (Lipinski definition) is 2. The third-order valence-electron chi connectivity index (χ3n) is 7.11. The molecule has 1 aromatic rings. The molecule has 2 N–H and O–H groups in total. The van der Waals surface area contributed by atoms with Crippen LogP contribution in [0.5, 0.6) is 0 Å². The average molecular weight is 417 g/mol. The monoisotopic (exact) mass is 416 g/mol. The first-order chi connectivity index (χ1) is 14.8. The SMILES string of the molecule is CC1CCCCC1NC(=NCCc1ccco1)NC1CCN(CC2CCOC2)CC1. The van der Waals surface area contributed by atoms with E-state index in [-0.39, 0.29) is 0 Å². The fourth-order valence-electron chi connectivity index (χ4n) is 5.12. The van der Waals surface area contributed by atoms with Gasteiger partial charge in [-0.05, 0) is 56.1 Å². The van der Waals surface area contributed by atoms with E-state index in [9.17, 15) is 0 Å². The quantitative estimate of drug-likeness (QED) is 0.527. The molecular weight excluding hydrogens is 376 g/mol. The normalized spacial score (nSPS) is 29.2. The highest BCUT2D eigenvalue weighted by Crippen LogP contribution is 2.24. The number of likely N-dealkylation sites (tertiary alicyclic amines) is 1. The van der Waals surface area contributed by atoms with Crippen LogP contribution in [-0.4, -0.2) is 62.3 Å². The Kier molecular flexibility index (Phi) is 8.09. The predicted molar refractivity (Wildman–Crippen MR) is 121 cm³/mol. The molecule has 0 bridgehead atoms. The van der Waals surface area contributed by atoms with Crippen molar-refractivity contribution in [2.45, 2.75) is 70.4 Å². The lowest BCUT2D eigenvalue weighted by Crippen LogP contribution is -2.53. The first kappa shape index (κ1) is 21.7. The van der Waals surface area contributed by atoms with Crippen LogP contribution >= 0.6 is 0 Å². The number of nitrogens with zero attached hydrogens (tertiary/aromatic N) is 2. The van der Waals surface area contributed by atoms with E-state index in [1.165, 1.54) is 64.6 Å². The highest BCUT2D eigenvalue weighted by molar-refractivity contribution is 5.80. The molecule has 1 saturated carbocycles. The van der Waals surface area contributed by atoms with Crippen LogP contribution in [0.4, 0.5) is 0 Å². The lowest BCUT2D eigenvalue weighted by molar-refractivity contribution is 0.150. The molecule has 1 aromatic heterocycles. The Bertz CT molecular complexity index is 634. The van der Waals surface area contributed by atoms with Crippen molar-refractivity contribution in [1.82, 2.24) is 15.5 Å².